The Morgan fingerprint density at radius 1 is 0.935 bits per heavy atom. The van der Waals surface area contributed by atoms with Crippen molar-refractivity contribution in [2.45, 2.75) is 20.4 Å². The fourth-order valence-corrected chi connectivity index (χ4v) is 4.59. The highest BCUT2D eigenvalue weighted by Crippen LogP contribution is 2.35. The number of benzene rings is 3. The normalized spacial score (nSPS) is 10.8. The first kappa shape index (κ1) is 20.9. The van der Waals surface area contributed by atoms with E-state index in [1.54, 1.807) is 48.7 Å². The number of rotatable bonds is 6. The number of hydrogen-bond acceptors (Lipinski definition) is 5. The predicted molar refractivity (Wildman–Crippen MR) is 126 cm³/mol. The number of amides is 1. The van der Waals surface area contributed by atoms with E-state index in [0.29, 0.717) is 28.7 Å². The topological polar surface area (TPSA) is 51.7 Å². The van der Waals surface area contributed by atoms with Crippen molar-refractivity contribution >= 4 is 32.6 Å². The molecular weight excluding hydrogens is 408 g/mol. The number of ether oxygens (including phenoxy) is 2. The van der Waals surface area contributed by atoms with Crippen LogP contribution in [0.3, 0.4) is 0 Å². The third-order valence-corrected chi connectivity index (χ3v) is 6.43. The van der Waals surface area contributed by atoms with E-state index in [0.717, 1.165) is 26.9 Å². The highest BCUT2D eigenvalue weighted by molar-refractivity contribution is 7.22. The van der Waals surface area contributed by atoms with E-state index in [4.69, 9.17) is 14.5 Å². The molecule has 0 N–H and O–H groups in total. The van der Waals surface area contributed by atoms with Crippen LogP contribution in [0.5, 0.6) is 11.5 Å². The number of nitrogens with zero attached hydrogens (tertiary/aromatic N) is 2. The van der Waals surface area contributed by atoms with Crippen LogP contribution in [0.1, 0.15) is 27.0 Å². The summed E-state index contributed by atoms with van der Waals surface area (Å²) in [6.07, 6.45) is 0. The average Bonchev–Trinajstić information content (AvgIpc) is 3.26. The van der Waals surface area contributed by atoms with Crippen LogP contribution in [-0.4, -0.2) is 25.1 Å². The molecular formula is C25H24N2O3S. The zero-order chi connectivity index (χ0) is 22.0. The molecule has 1 amide bonds. The molecule has 0 aliphatic carbocycles. The lowest BCUT2D eigenvalue weighted by Gasteiger charge is -2.21. The number of thiazole rings is 1. The Kier molecular flexibility index (Phi) is 5.91. The van der Waals surface area contributed by atoms with Gasteiger partial charge in [-0.3, -0.25) is 9.69 Å². The van der Waals surface area contributed by atoms with Crippen LogP contribution in [0.25, 0.3) is 10.2 Å². The van der Waals surface area contributed by atoms with Gasteiger partial charge in [0.25, 0.3) is 5.91 Å². The van der Waals surface area contributed by atoms with Gasteiger partial charge in [0.15, 0.2) is 16.6 Å². The minimum absolute atomic E-state index is 0.140. The molecule has 0 aliphatic heterocycles. The van der Waals surface area contributed by atoms with Crippen molar-refractivity contribution in [3.8, 4) is 11.5 Å². The number of hydrogen-bond donors (Lipinski definition) is 0. The van der Waals surface area contributed by atoms with E-state index in [9.17, 15) is 4.79 Å². The van der Waals surface area contributed by atoms with Gasteiger partial charge >= 0.3 is 0 Å². The van der Waals surface area contributed by atoms with Gasteiger partial charge in [-0.1, -0.05) is 53.8 Å². The number of aryl methyl sites for hydroxylation is 2. The van der Waals surface area contributed by atoms with E-state index in [1.807, 2.05) is 37.3 Å². The fraction of sp³-hybridized carbons (Fsp3) is 0.200. The molecule has 5 nitrogen and oxygen atoms in total. The second-order valence-corrected chi connectivity index (χ2v) is 8.30. The molecule has 1 aromatic heterocycles. The zero-order valence-electron chi connectivity index (χ0n) is 18.0. The van der Waals surface area contributed by atoms with Crippen molar-refractivity contribution in [2.75, 3.05) is 19.1 Å². The monoisotopic (exact) mass is 432 g/mol. The summed E-state index contributed by atoms with van der Waals surface area (Å²) in [7, 11) is 3.14. The Balaban J connectivity index is 1.81. The Morgan fingerprint density at radius 2 is 1.65 bits per heavy atom. The number of methoxy groups -OCH3 is 2. The lowest BCUT2D eigenvalue weighted by atomic mass is 10.1. The molecule has 1 heterocycles. The smallest absolute Gasteiger partial charge is 0.260 e. The van der Waals surface area contributed by atoms with Crippen LogP contribution >= 0.6 is 11.3 Å². The fourth-order valence-electron chi connectivity index (χ4n) is 3.48. The quantitative estimate of drug-likeness (QED) is 0.388. The van der Waals surface area contributed by atoms with Gasteiger partial charge in [-0.2, -0.15) is 0 Å². The molecule has 4 rings (SSSR count). The lowest BCUT2D eigenvalue weighted by molar-refractivity contribution is 0.0984. The summed E-state index contributed by atoms with van der Waals surface area (Å²) in [5.41, 5.74) is 4.74. The minimum atomic E-state index is -0.140. The summed E-state index contributed by atoms with van der Waals surface area (Å²) >= 11 is 1.54. The van der Waals surface area contributed by atoms with Gasteiger partial charge in [0.1, 0.15) is 0 Å². The van der Waals surface area contributed by atoms with Crippen LogP contribution in [0.4, 0.5) is 5.13 Å². The van der Waals surface area contributed by atoms with Crippen molar-refractivity contribution in [3.63, 3.8) is 0 Å². The van der Waals surface area contributed by atoms with Crippen LogP contribution < -0.4 is 14.4 Å². The molecule has 158 valence electrons. The van der Waals surface area contributed by atoms with Gasteiger partial charge in [-0.05, 0) is 48.7 Å². The summed E-state index contributed by atoms with van der Waals surface area (Å²) < 4.78 is 11.8. The second kappa shape index (κ2) is 8.78. The van der Waals surface area contributed by atoms with Gasteiger partial charge < -0.3 is 9.47 Å². The second-order valence-electron chi connectivity index (χ2n) is 7.32. The molecule has 0 fully saturated rings. The number of aromatic nitrogens is 1. The molecule has 0 atom stereocenters. The Hall–Kier alpha value is -3.38. The molecule has 3 aromatic carbocycles. The predicted octanol–water partition coefficient (Wildman–Crippen LogP) is 5.78. The number of anilines is 1. The molecule has 6 heteroatoms. The lowest BCUT2D eigenvalue weighted by Crippen LogP contribution is -2.30. The summed E-state index contributed by atoms with van der Waals surface area (Å²) in [6.45, 7) is 4.54. The van der Waals surface area contributed by atoms with E-state index in [-0.39, 0.29) is 5.91 Å². The average molecular weight is 433 g/mol. The van der Waals surface area contributed by atoms with E-state index >= 15 is 0 Å². The first-order valence-corrected chi connectivity index (χ1v) is 10.8. The molecule has 0 spiro atoms. The molecule has 0 radical (unpaired) electrons. The van der Waals surface area contributed by atoms with Crippen LogP contribution in [0.15, 0.2) is 60.7 Å². The van der Waals surface area contributed by atoms with Gasteiger partial charge in [-0.25, -0.2) is 4.98 Å². The molecule has 0 aliphatic rings. The van der Waals surface area contributed by atoms with Crippen LogP contribution in [-0.2, 0) is 6.54 Å². The van der Waals surface area contributed by atoms with Gasteiger partial charge in [0, 0.05) is 5.56 Å². The Bertz CT molecular complexity index is 1200. The van der Waals surface area contributed by atoms with E-state index in [1.165, 1.54) is 0 Å². The zero-order valence-corrected chi connectivity index (χ0v) is 18.8. The number of carbonyl (C=O) groups is 1. The first-order chi connectivity index (χ1) is 15.0. The number of carbonyl (C=O) groups excluding carboxylic acids is 1. The highest BCUT2D eigenvalue weighted by Gasteiger charge is 2.23. The number of fused-ring (bicyclic) bond motifs is 1. The summed E-state index contributed by atoms with van der Waals surface area (Å²) in [6, 6.07) is 19.3. The van der Waals surface area contributed by atoms with Crippen molar-refractivity contribution < 1.29 is 14.3 Å². The van der Waals surface area contributed by atoms with Crippen molar-refractivity contribution in [1.82, 2.24) is 4.98 Å². The van der Waals surface area contributed by atoms with Gasteiger partial charge in [0.05, 0.1) is 31.0 Å². The Morgan fingerprint density at radius 3 is 2.32 bits per heavy atom. The van der Waals surface area contributed by atoms with Crippen molar-refractivity contribution in [3.05, 3.63) is 82.9 Å². The maximum atomic E-state index is 13.7. The summed E-state index contributed by atoms with van der Waals surface area (Å²) in [5, 5.41) is 0.677. The molecule has 4 aromatic rings. The van der Waals surface area contributed by atoms with Gasteiger partial charge in [0.2, 0.25) is 0 Å². The standard InChI is InChI=1S/C25H24N2O3S/c1-16-10-11-17(2)23-22(16)26-25(31-23)27(15-18-8-6-5-7-9-18)24(28)19-12-13-20(29-3)21(14-19)30-4/h5-14H,15H2,1-4H3. The van der Waals surface area contributed by atoms with Crippen molar-refractivity contribution in [1.29, 1.82) is 0 Å². The maximum Gasteiger partial charge on any atom is 0.260 e. The van der Waals surface area contributed by atoms with Crippen LogP contribution in [0.2, 0.25) is 0 Å². The molecule has 31 heavy (non-hydrogen) atoms. The minimum Gasteiger partial charge on any atom is -0.493 e. The molecule has 0 saturated heterocycles. The van der Waals surface area contributed by atoms with Crippen LogP contribution in [0, 0.1) is 13.8 Å². The first-order valence-electron chi connectivity index (χ1n) is 9.96. The van der Waals surface area contributed by atoms with E-state index < -0.39 is 0 Å². The Labute approximate surface area is 185 Å². The molecule has 0 unspecified atom stereocenters. The third-order valence-electron chi connectivity index (χ3n) is 5.22. The third kappa shape index (κ3) is 4.11. The van der Waals surface area contributed by atoms with E-state index in [2.05, 4.69) is 19.1 Å². The SMILES string of the molecule is COc1ccc(C(=O)N(Cc2ccccc2)c2nc3c(C)ccc(C)c3s2)cc1OC. The largest absolute Gasteiger partial charge is 0.493 e. The maximum absolute atomic E-state index is 13.7. The molecule has 0 saturated carbocycles. The van der Waals surface area contributed by atoms with Gasteiger partial charge in [-0.15, -0.1) is 0 Å². The summed E-state index contributed by atoms with van der Waals surface area (Å²) in [5.74, 6) is 0.961. The highest BCUT2D eigenvalue weighted by atomic mass is 32.1. The molecule has 0 bridgehead atoms. The van der Waals surface area contributed by atoms with Crippen molar-refractivity contribution in [2.24, 2.45) is 0 Å². The summed E-state index contributed by atoms with van der Waals surface area (Å²) in [4.78, 5) is 20.3.